The quantitative estimate of drug-likeness (QED) is 0.828. The van der Waals surface area contributed by atoms with Crippen LogP contribution >= 0.6 is 0 Å². The van der Waals surface area contributed by atoms with Crippen molar-refractivity contribution in [1.29, 1.82) is 0 Å². The van der Waals surface area contributed by atoms with E-state index < -0.39 is 5.54 Å². The van der Waals surface area contributed by atoms with E-state index in [9.17, 15) is 9.59 Å². The van der Waals surface area contributed by atoms with Crippen LogP contribution in [0.15, 0.2) is 36.7 Å². The molecule has 0 radical (unpaired) electrons. The van der Waals surface area contributed by atoms with Gasteiger partial charge in [-0.15, -0.1) is 0 Å². The van der Waals surface area contributed by atoms with Crippen LogP contribution in [0.3, 0.4) is 0 Å². The van der Waals surface area contributed by atoms with Gasteiger partial charge in [-0.3, -0.25) is 9.59 Å². The van der Waals surface area contributed by atoms with Gasteiger partial charge in [-0.2, -0.15) is 0 Å². The number of ether oxygens (including phenoxy) is 1. The van der Waals surface area contributed by atoms with Crippen LogP contribution < -0.4 is 5.32 Å². The maximum absolute atomic E-state index is 13.0. The van der Waals surface area contributed by atoms with Crippen molar-refractivity contribution in [2.75, 3.05) is 19.8 Å². The van der Waals surface area contributed by atoms with Crippen molar-refractivity contribution in [3.8, 4) is 0 Å². The lowest BCUT2D eigenvalue weighted by Gasteiger charge is -2.44. The Hall–Kier alpha value is -2.67. The predicted molar refractivity (Wildman–Crippen MR) is 104 cm³/mol. The Morgan fingerprint density at radius 3 is 2.79 bits per heavy atom. The fourth-order valence-corrected chi connectivity index (χ4v) is 4.25. The first-order valence-electron chi connectivity index (χ1n) is 9.81. The van der Waals surface area contributed by atoms with E-state index in [4.69, 9.17) is 4.74 Å². The molecule has 1 N–H and O–H groups in total. The largest absolute Gasteiger partial charge is 0.381 e. The SMILES string of the molecule is Cc1nccn1CCNC(=O)CC1(N2Cc3ccccc3C2=O)CCOCC1. The summed E-state index contributed by atoms with van der Waals surface area (Å²) < 4.78 is 7.55. The zero-order valence-corrected chi connectivity index (χ0v) is 16.2. The van der Waals surface area contributed by atoms with Gasteiger partial charge in [0.25, 0.3) is 5.91 Å². The number of imidazole rings is 1. The minimum atomic E-state index is -0.483. The van der Waals surface area contributed by atoms with Crippen LogP contribution in [0.25, 0.3) is 0 Å². The average Bonchev–Trinajstić information content (AvgIpc) is 3.26. The van der Waals surface area contributed by atoms with Gasteiger partial charge in [0, 0.05) is 50.8 Å². The van der Waals surface area contributed by atoms with Crippen LogP contribution in [0.5, 0.6) is 0 Å². The molecule has 7 heteroatoms. The lowest BCUT2D eigenvalue weighted by molar-refractivity contribution is -0.125. The number of fused-ring (bicyclic) bond motifs is 1. The lowest BCUT2D eigenvalue weighted by atomic mass is 9.84. The van der Waals surface area contributed by atoms with E-state index in [0.717, 1.165) is 17.0 Å². The van der Waals surface area contributed by atoms with E-state index in [1.165, 1.54) is 0 Å². The van der Waals surface area contributed by atoms with E-state index in [1.54, 1.807) is 6.20 Å². The van der Waals surface area contributed by atoms with Gasteiger partial charge in [0.1, 0.15) is 5.82 Å². The summed E-state index contributed by atoms with van der Waals surface area (Å²) in [5.41, 5.74) is 1.31. The number of hydrogen-bond donors (Lipinski definition) is 1. The molecule has 1 saturated heterocycles. The molecule has 1 aromatic carbocycles. The van der Waals surface area contributed by atoms with Gasteiger partial charge in [0.05, 0.1) is 12.0 Å². The summed E-state index contributed by atoms with van der Waals surface area (Å²) in [5, 5.41) is 3.01. The number of carbonyl (C=O) groups is 2. The van der Waals surface area contributed by atoms with Crippen molar-refractivity contribution in [1.82, 2.24) is 19.8 Å². The second kappa shape index (κ2) is 7.75. The summed E-state index contributed by atoms with van der Waals surface area (Å²) in [5.74, 6) is 0.929. The molecule has 0 saturated carbocycles. The van der Waals surface area contributed by atoms with E-state index in [1.807, 2.05) is 46.9 Å². The highest BCUT2D eigenvalue weighted by molar-refractivity contribution is 5.99. The highest BCUT2D eigenvalue weighted by Crippen LogP contribution is 2.37. The van der Waals surface area contributed by atoms with Gasteiger partial charge in [0.2, 0.25) is 5.91 Å². The number of nitrogens with one attached hydrogen (secondary N) is 1. The molecular weight excluding hydrogens is 356 g/mol. The third-order valence-electron chi connectivity index (χ3n) is 5.91. The van der Waals surface area contributed by atoms with Gasteiger partial charge < -0.3 is 19.5 Å². The van der Waals surface area contributed by atoms with Gasteiger partial charge in [-0.1, -0.05) is 18.2 Å². The summed E-state index contributed by atoms with van der Waals surface area (Å²) in [6.07, 6.45) is 5.33. The van der Waals surface area contributed by atoms with Crippen molar-refractivity contribution in [3.05, 3.63) is 53.6 Å². The highest BCUT2D eigenvalue weighted by atomic mass is 16.5. The van der Waals surface area contributed by atoms with Gasteiger partial charge >= 0.3 is 0 Å². The number of aromatic nitrogens is 2. The van der Waals surface area contributed by atoms with E-state index in [2.05, 4.69) is 10.3 Å². The Kier molecular flexibility index (Phi) is 5.17. The number of hydrogen-bond acceptors (Lipinski definition) is 4. The molecule has 2 aliphatic heterocycles. The zero-order chi connectivity index (χ0) is 19.6. The number of amides is 2. The van der Waals surface area contributed by atoms with Crippen LogP contribution in [0.4, 0.5) is 0 Å². The minimum Gasteiger partial charge on any atom is -0.381 e. The molecule has 28 heavy (non-hydrogen) atoms. The fraction of sp³-hybridized carbons (Fsp3) is 0.476. The first-order valence-corrected chi connectivity index (χ1v) is 9.81. The highest BCUT2D eigenvalue weighted by Gasteiger charge is 2.45. The van der Waals surface area contributed by atoms with Crippen molar-refractivity contribution in [3.63, 3.8) is 0 Å². The number of rotatable bonds is 6. The monoisotopic (exact) mass is 382 g/mol. The summed E-state index contributed by atoms with van der Waals surface area (Å²) in [6, 6.07) is 7.71. The molecule has 2 aliphatic rings. The third kappa shape index (κ3) is 3.54. The second-order valence-corrected chi connectivity index (χ2v) is 7.58. The number of carbonyl (C=O) groups excluding carboxylic acids is 2. The molecule has 0 spiro atoms. The smallest absolute Gasteiger partial charge is 0.254 e. The van der Waals surface area contributed by atoms with Crippen LogP contribution in [-0.4, -0.2) is 51.6 Å². The Bertz CT molecular complexity index is 870. The number of nitrogens with zero attached hydrogens (tertiary/aromatic N) is 3. The van der Waals surface area contributed by atoms with Crippen LogP contribution in [0, 0.1) is 6.92 Å². The number of aryl methyl sites for hydroxylation is 1. The summed E-state index contributed by atoms with van der Waals surface area (Å²) in [6.45, 7) is 4.87. The van der Waals surface area contributed by atoms with E-state index >= 15 is 0 Å². The molecule has 0 aliphatic carbocycles. The molecule has 7 nitrogen and oxygen atoms in total. The molecule has 4 rings (SSSR count). The lowest BCUT2D eigenvalue weighted by Crippen LogP contribution is -2.54. The fourth-order valence-electron chi connectivity index (χ4n) is 4.25. The second-order valence-electron chi connectivity index (χ2n) is 7.58. The molecule has 2 amide bonds. The maximum Gasteiger partial charge on any atom is 0.254 e. The van der Waals surface area contributed by atoms with Gasteiger partial charge in [-0.05, 0) is 31.4 Å². The third-order valence-corrected chi connectivity index (χ3v) is 5.91. The molecule has 0 atom stereocenters. The van der Waals surface area contributed by atoms with Gasteiger partial charge in [0.15, 0.2) is 0 Å². The summed E-state index contributed by atoms with van der Waals surface area (Å²) in [7, 11) is 0. The Morgan fingerprint density at radius 2 is 2.07 bits per heavy atom. The van der Waals surface area contributed by atoms with Crippen molar-refractivity contribution >= 4 is 11.8 Å². The van der Waals surface area contributed by atoms with Crippen molar-refractivity contribution in [2.24, 2.45) is 0 Å². The molecular formula is C21H26N4O3. The Morgan fingerprint density at radius 1 is 1.29 bits per heavy atom. The van der Waals surface area contributed by atoms with Crippen LogP contribution in [0.1, 0.15) is 41.0 Å². The molecule has 1 aromatic heterocycles. The molecule has 2 aromatic rings. The average molecular weight is 382 g/mol. The molecule has 0 unspecified atom stereocenters. The molecule has 148 valence electrons. The standard InChI is InChI=1S/C21H26N4O3/c1-16-22-8-10-24(16)11-9-23-19(26)14-21(6-12-28-13-7-21)25-15-17-4-2-3-5-18(17)20(25)27/h2-5,8,10H,6-7,9,11-15H2,1H3,(H,23,26). The number of benzene rings is 1. The van der Waals surface area contributed by atoms with Crippen LogP contribution in [0.2, 0.25) is 0 Å². The molecule has 0 bridgehead atoms. The first kappa shape index (κ1) is 18.7. The first-order chi connectivity index (χ1) is 13.6. The van der Waals surface area contributed by atoms with Crippen molar-refractivity contribution in [2.45, 2.75) is 44.8 Å². The predicted octanol–water partition coefficient (Wildman–Crippen LogP) is 1.90. The molecule has 3 heterocycles. The topological polar surface area (TPSA) is 76.5 Å². The summed E-state index contributed by atoms with van der Waals surface area (Å²) >= 11 is 0. The maximum atomic E-state index is 13.0. The summed E-state index contributed by atoms with van der Waals surface area (Å²) in [4.78, 5) is 31.9. The minimum absolute atomic E-state index is 0.0246. The van der Waals surface area contributed by atoms with Crippen LogP contribution in [-0.2, 0) is 22.6 Å². The zero-order valence-electron chi connectivity index (χ0n) is 16.2. The normalized spacial score (nSPS) is 18.2. The van der Waals surface area contributed by atoms with Crippen molar-refractivity contribution < 1.29 is 14.3 Å². The Balaban J connectivity index is 1.44. The molecule has 1 fully saturated rings. The van der Waals surface area contributed by atoms with E-state index in [-0.39, 0.29) is 11.8 Å². The van der Waals surface area contributed by atoms with E-state index in [0.29, 0.717) is 52.1 Å². The van der Waals surface area contributed by atoms with Gasteiger partial charge in [-0.25, -0.2) is 4.98 Å². The Labute approximate surface area is 164 Å².